The molecule has 15 heavy (non-hydrogen) atoms. The number of rotatable bonds is 3. The molecule has 0 spiro atoms. The summed E-state index contributed by atoms with van der Waals surface area (Å²) in [6, 6.07) is 2.17. The third-order valence-electron chi connectivity index (χ3n) is 2.91. The van der Waals surface area contributed by atoms with Gasteiger partial charge in [-0.3, -0.25) is 4.79 Å². The molecule has 0 aliphatic carbocycles. The Labute approximate surface area is 91.0 Å². The molecule has 1 heterocycles. The highest BCUT2D eigenvalue weighted by Gasteiger charge is 2.36. The van der Waals surface area contributed by atoms with Gasteiger partial charge in [-0.15, -0.1) is 0 Å². The number of nitrogens with one attached hydrogen (secondary N) is 2. The van der Waals surface area contributed by atoms with E-state index in [2.05, 4.69) is 16.7 Å². The fraction of sp³-hybridized carbons (Fsp3) is 0.818. The molecule has 0 aromatic carbocycles. The molecule has 1 saturated heterocycles. The first kappa shape index (κ1) is 12.0. The molecule has 4 nitrogen and oxygen atoms in total. The topological polar surface area (TPSA) is 64.9 Å². The second-order valence-electron chi connectivity index (χ2n) is 5.17. The van der Waals surface area contributed by atoms with Gasteiger partial charge in [0.25, 0.3) is 0 Å². The van der Waals surface area contributed by atoms with E-state index in [9.17, 15) is 4.79 Å². The zero-order valence-electron chi connectivity index (χ0n) is 9.68. The van der Waals surface area contributed by atoms with Crippen LogP contribution < -0.4 is 10.6 Å². The minimum Gasteiger partial charge on any atom is -0.354 e. The standard InChI is InChI=1S/C11H19N3O/c1-10(2,6-12)7-14-9(15)11(3)4-5-13-8-11/h13H,4-5,7-8H2,1-3H3,(H,14,15). The number of hydrogen-bond donors (Lipinski definition) is 2. The lowest BCUT2D eigenvalue weighted by atomic mass is 9.88. The highest BCUT2D eigenvalue weighted by Crippen LogP contribution is 2.24. The van der Waals surface area contributed by atoms with Gasteiger partial charge in [0.1, 0.15) is 0 Å². The molecule has 1 amide bonds. The van der Waals surface area contributed by atoms with E-state index in [1.54, 1.807) is 0 Å². The second kappa shape index (κ2) is 4.19. The zero-order valence-corrected chi connectivity index (χ0v) is 9.68. The molecule has 1 atom stereocenters. The summed E-state index contributed by atoms with van der Waals surface area (Å²) in [6.07, 6.45) is 0.867. The molecule has 1 fully saturated rings. The summed E-state index contributed by atoms with van der Waals surface area (Å²) in [5, 5.41) is 14.9. The van der Waals surface area contributed by atoms with Crippen molar-refractivity contribution < 1.29 is 4.79 Å². The number of carbonyl (C=O) groups excluding carboxylic acids is 1. The largest absolute Gasteiger partial charge is 0.354 e. The maximum absolute atomic E-state index is 11.9. The van der Waals surface area contributed by atoms with E-state index in [0.717, 1.165) is 19.5 Å². The van der Waals surface area contributed by atoms with Gasteiger partial charge < -0.3 is 10.6 Å². The molecule has 0 radical (unpaired) electrons. The van der Waals surface area contributed by atoms with Crippen molar-refractivity contribution >= 4 is 5.91 Å². The molecule has 84 valence electrons. The maximum atomic E-state index is 11.9. The fourth-order valence-corrected chi connectivity index (χ4v) is 1.56. The van der Waals surface area contributed by atoms with E-state index in [1.807, 2.05) is 20.8 Å². The Morgan fingerprint density at radius 3 is 2.80 bits per heavy atom. The van der Waals surface area contributed by atoms with Crippen LogP contribution in [0.15, 0.2) is 0 Å². The van der Waals surface area contributed by atoms with Crippen molar-refractivity contribution in [2.24, 2.45) is 10.8 Å². The summed E-state index contributed by atoms with van der Waals surface area (Å²) in [4.78, 5) is 11.9. The van der Waals surface area contributed by atoms with E-state index in [4.69, 9.17) is 5.26 Å². The lowest BCUT2D eigenvalue weighted by Gasteiger charge is -2.24. The van der Waals surface area contributed by atoms with Crippen LogP contribution in [0.3, 0.4) is 0 Å². The maximum Gasteiger partial charge on any atom is 0.227 e. The van der Waals surface area contributed by atoms with Gasteiger partial charge in [0.15, 0.2) is 0 Å². The van der Waals surface area contributed by atoms with Crippen LogP contribution in [0.4, 0.5) is 0 Å². The molecule has 1 unspecified atom stereocenters. The van der Waals surface area contributed by atoms with E-state index >= 15 is 0 Å². The van der Waals surface area contributed by atoms with Crippen LogP contribution >= 0.6 is 0 Å². The minimum atomic E-state index is -0.488. The number of nitriles is 1. The lowest BCUT2D eigenvalue weighted by molar-refractivity contribution is -0.129. The highest BCUT2D eigenvalue weighted by molar-refractivity contribution is 5.82. The van der Waals surface area contributed by atoms with Gasteiger partial charge in [-0.25, -0.2) is 0 Å². The summed E-state index contributed by atoms with van der Waals surface area (Å²) >= 11 is 0. The van der Waals surface area contributed by atoms with Gasteiger partial charge in [0.2, 0.25) is 5.91 Å². The van der Waals surface area contributed by atoms with Crippen molar-refractivity contribution in [2.75, 3.05) is 19.6 Å². The van der Waals surface area contributed by atoms with Crippen LogP contribution in [0, 0.1) is 22.2 Å². The lowest BCUT2D eigenvalue weighted by Crippen LogP contribution is -2.43. The van der Waals surface area contributed by atoms with Crippen LogP contribution in [0.5, 0.6) is 0 Å². The minimum absolute atomic E-state index is 0.0517. The van der Waals surface area contributed by atoms with Crippen LogP contribution in [0.2, 0.25) is 0 Å². The average Bonchev–Trinajstić information content (AvgIpc) is 2.63. The zero-order chi connectivity index (χ0) is 11.5. The van der Waals surface area contributed by atoms with E-state index < -0.39 is 5.41 Å². The third-order valence-corrected chi connectivity index (χ3v) is 2.91. The normalized spacial score (nSPS) is 26.0. The Morgan fingerprint density at radius 2 is 2.33 bits per heavy atom. The predicted octanol–water partition coefficient (Wildman–Crippen LogP) is 0.652. The Bertz CT molecular complexity index is 285. The third kappa shape index (κ3) is 2.93. The molecule has 1 rings (SSSR count). The molecule has 0 aromatic rings. The van der Waals surface area contributed by atoms with Crippen molar-refractivity contribution in [3.05, 3.63) is 0 Å². The van der Waals surface area contributed by atoms with E-state index in [1.165, 1.54) is 0 Å². The molecular formula is C11H19N3O. The summed E-state index contributed by atoms with van der Waals surface area (Å²) in [5.41, 5.74) is -0.788. The highest BCUT2D eigenvalue weighted by atomic mass is 16.2. The van der Waals surface area contributed by atoms with Crippen molar-refractivity contribution in [3.63, 3.8) is 0 Å². The Morgan fingerprint density at radius 1 is 1.67 bits per heavy atom. The van der Waals surface area contributed by atoms with E-state index in [-0.39, 0.29) is 11.3 Å². The quantitative estimate of drug-likeness (QED) is 0.717. The van der Waals surface area contributed by atoms with Crippen LogP contribution in [0.25, 0.3) is 0 Å². The molecule has 1 aliphatic rings. The molecule has 0 saturated carbocycles. The SMILES string of the molecule is CC(C)(C#N)CNC(=O)C1(C)CCNC1. The summed E-state index contributed by atoms with van der Waals surface area (Å²) < 4.78 is 0. The van der Waals surface area contributed by atoms with Crippen molar-refractivity contribution in [1.82, 2.24) is 10.6 Å². The number of carbonyl (C=O) groups is 1. The van der Waals surface area contributed by atoms with Gasteiger partial charge in [-0.05, 0) is 33.7 Å². The Balaban J connectivity index is 2.47. The predicted molar refractivity (Wildman–Crippen MR) is 58.0 cm³/mol. The first-order valence-electron chi connectivity index (χ1n) is 5.30. The number of amides is 1. The monoisotopic (exact) mass is 209 g/mol. The van der Waals surface area contributed by atoms with Gasteiger partial charge in [-0.1, -0.05) is 0 Å². The first-order valence-corrected chi connectivity index (χ1v) is 5.30. The molecule has 1 aliphatic heterocycles. The van der Waals surface area contributed by atoms with Gasteiger partial charge in [0.05, 0.1) is 16.9 Å². The van der Waals surface area contributed by atoms with Crippen LogP contribution in [0.1, 0.15) is 27.2 Å². The summed E-state index contributed by atoms with van der Waals surface area (Å²) in [7, 11) is 0. The molecule has 0 aromatic heterocycles. The molecule has 0 bridgehead atoms. The summed E-state index contributed by atoms with van der Waals surface area (Å²) in [6.45, 7) is 7.64. The smallest absolute Gasteiger partial charge is 0.227 e. The van der Waals surface area contributed by atoms with Crippen molar-refractivity contribution in [1.29, 1.82) is 5.26 Å². The Kier molecular flexibility index (Phi) is 3.35. The fourth-order valence-electron chi connectivity index (χ4n) is 1.56. The molecular weight excluding hydrogens is 190 g/mol. The van der Waals surface area contributed by atoms with Gasteiger partial charge >= 0.3 is 0 Å². The summed E-state index contributed by atoms with van der Waals surface area (Å²) in [5.74, 6) is 0.0517. The Hall–Kier alpha value is -1.08. The number of hydrogen-bond acceptors (Lipinski definition) is 3. The van der Waals surface area contributed by atoms with Crippen LogP contribution in [-0.4, -0.2) is 25.5 Å². The second-order valence-corrected chi connectivity index (χ2v) is 5.17. The number of nitrogens with zero attached hydrogens (tertiary/aromatic N) is 1. The average molecular weight is 209 g/mol. The van der Waals surface area contributed by atoms with Crippen molar-refractivity contribution in [2.45, 2.75) is 27.2 Å². The van der Waals surface area contributed by atoms with Gasteiger partial charge in [-0.2, -0.15) is 5.26 Å². The molecule has 2 N–H and O–H groups in total. The van der Waals surface area contributed by atoms with Crippen LogP contribution in [-0.2, 0) is 4.79 Å². The first-order chi connectivity index (χ1) is 6.90. The molecule has 4 heteroatoms. The van der Waals surface area contributed by atoms with Gasteiger partial charge in [0, 0.05) is 13.1 Å². The van der Waals surface area contributed by atoms with E-state index in [0.29, 0.717) is 6.54 Å². The van der Waals surface area contributed by atoms with Crippen molar-refractivity contribution in [3.8, 4) is 6.07 Å².